The second kappa shape index (κ2) is 6.71. The van der Waals surface area contributed by atoms with Crippen LogP contribution in [0.5, 0.6) is 0 Å². The van der Waals surface area contributed by atoms with E-state index in [9.17, 15) is 9.90 Å². The molecule has 2 aromatic heterocycles. The molecule has 2 N–H and O–H groups in total. The molecule has 1 spiro atoms. The Kier molecular flexibility index (Phi) is 4.37. The number of amides is 2. The van der Waals surface area contributed by atoms with E-state index >= 15 is 0 Å². The van der Waals surface area contributed by atoms with Gasteiger partial charge < -0.3 is 10.4 Å². The number of fused-ring (bicyclic) bond motifs is 3. The number of aliphatic hydroxyl groups is 1. The number of hydrogen-bond donors (Lipinski definition) is 2. The fourth-order valence-electron chi connectivity index (χ4n) is 4.62. The number of anilines is 1. The topological polar surface area (TPSA) is 87.5 Å². The Balaban J connectivity index is 1.32. The van der Waals surface area contributed by atoms with Crippen LogP contribution in [0.2, 0.25) is 0 Å². The van der Waals surface area contributed by atoms with Gasteiger partial charge in [-0.25, -0.2) is 14.8 Å². The number of nitrogens with zero attached hydrogens (tertiary/aromatic N) is 3. The number of rotatable bonds is 4. The Bertz CT molecular complexity index is 1010. The van der Waals surface area contributed by atoms with Crippen molar-refractivity contribution in [3.05, 3.63) is 38.6 Å². The minimum atomic E-state index is -0.946. The zero-order chi connectivity index (χ0) is 20.2. The van der Waals surface area contributed by atoms with E-state index in [-0.39, 0.29) is 6.03 Å². The maximum absolute atomic E-state index is 12.6. The number of urea groups is 1. The number of aromatic nitrogens is 2. The van der Waals surface area contributed by atoms with Crippen molar-refractivity contribution in [3.8, 4) is 0 Å². The second-order valence-corrected chi connectivity index (χ2v) is 10.1. The molecule has 1 saturated carbocycles. The molecule has 0 aliphatic heterocycles. The first-order valence-electron chi connectivity index (χ1n) is 10.4. The Hall–Kier alpha value is -2.12. The fraction of sp³-hybridized carbons (Fsp3) is 0.545. The Morgan fingerprint density at radius 1 is 1.31 bits per heavy atom. The third-order valence-corrected chi connectivity index (χ3v) is 7.68. The molecule has 2 aromatic rings. The number of aryl methyl sites for hydroxylation is 1. The molecule has 5 rings (SSSR count). The molecule has 0 aromatic carbocycles. The number of pyridine rings is 1. The van der Waals surface area contributed by atoms with Crippen molar-refractivity contribution in [2.45, 2.75) is 76.2 Å². The Morgan fingerprint density at radius 2 is 2.14 bits per heavy atom. The predicted molar refractivity (Wildman–Crippen MR) is 114 cm³/mol. The van der Waals surface area contributed by atoms with Crippen LogP contribution in [0.25, 0.3) is 0 Å². The van der Waals surface area contributed by atoms with Crippen molar-refractivity contribution in [3.63, 3.8) is 0 Å². The van der Waals surface area contributed by atoms with Gasteiger partial charge in [0.25, 0.3) is 0 Å². The SMILES string of the molecule is CC(C)(O)c1ncc(C/C=N/C(=O)Nc2c3c(nc4c2CCC42CC2)CCC3)s1. The quantitative estimate of drug-likeness (QED) is 0.744. The summed E-state index contributed by atoms with van der Waals surface area (Å²) in [6, 6.07) is -0.323. The summed E-state index contributed by atoms with van der Waals surface area (Å²) < 4.78 is 0. The standard InChI is InChI=1S/C22H26N4O2S/c1-21(2,28)19-24-12-13(29-19)7-11-23-20(27)26-17-14-4-3-5-16(14)25-18-15(17)6-8-22(18)9-10-22/h11-12,28H,3-10H2,1-2H3,(H,25,26,27)/b23-11+. The van der Waals surface area contributed by atoms with Gasteiger partial charge in [0.2, 0.25) is 0 Å². The molecule has 0 bridgehead atoms. The van der Waals surface area contributed by atoms with Crippen molar-refractivity contribution < 1.29 is 9.90 Å². The molecule has 0 unspecified atom stereocenters. The summed E-state index contributed by atoms with van der Waals surface area (Å²) in [6.07, 6.45) is 11.6. The summed E-state index contributed by atoms with van der Waals surface area (Å²) >= 11 is 1.44. The first-order chi connectivity index (χ1) is 13.9. The molecular weight excluding hydrogens is 384 g/mol. The number of aliphatic imine (C=N–C) groups is 1. The molecule has 3 aliphatic carbocycles. The van der Waals surface area contributed by atoms with Gasteiger partial charge in [-0.15, -0.1) is 11.3 Å². The third kappa shape index (κ3) is 3.40. The number of nitrogens with one attached hydrogen (secondary N) is 1. The third-order valence-electron chi connectivity index (χ3n) is 6.34. The molecule has 6 nitrogen and oxygen atoms in total. The van der Waals surface area contributed by atoms with Crippen LogP contribution < -0.4 is 5.32 Å². The monoisotopic (exact) mass is 410 g/mol. The molecule has 2 heterocycles. The van der Waals surface area contributed by atoms with E-state index < -0.39 is 5.60 Å². The minimum absolute atomic E-state index is 0.306. The van der Waals surface area contributed by atoms with Crippen molar-refractivity contribution in [2.24, 2.45) is 4.99 Å². The van der Waals surface area contributed by atoms with Gasteiger partial charge in [-0.1, -0.05) is 0 Å². The van der Waals surface area contributed by atoms with Crippen LogP contribution in [0.4, 0.5) is 10.5 Å². The highest BCUT2D eigenvalue weighted by molar-refractivity contribution is 7.11. The number of thiazole rings is 1. The number of carbonyl (C=O) groups is 1. The van der Waals surface area contributed by atoms with E-state index in [2.05, 4.69) is 15.3 Å². The highest BCUT2D eigenvalue weighted by atomic mass is 32.1. The largest absolute Gasteiger partial charge is 0.383 e. The summed E-state index contributed by atoms with van der Waals surface area (Å²) in [5.74, 6) is 0. The summed E-state index contributed by atoms with van der Waals surface area (Å²) in [4.78, 5) is 26.9. The number of carbonyl (C=O) groups excluding carboxylic acids is 1. The normalized spacial score (nSPS) is 19.0. The predicted octanol–water partition coefficient (Wildman–Crippen LogP) is 4.08. The Labute approximate surface area is 174 Å². The Morgan fingerprint density at radius 3 is 2.86 bits per heavy atom. The van der Waals surface area contributed by atoms with Gasteiger partial charge in [-0.2, -0.15) is 0 Å². The molecule has 0 atom stereocenters. The molecule has 0 radical (unpaired) electrons. The van der Waals surface area contributed by atoms with E-state index in [1.54, 1.807) is 26.3 Å². The average Bonchev–Trinajstić information content (AvgIpc) is 3.02. The minimum Gasteiger partial charge on any atom is -0.383 e. The molecule has 0 saturated heterocycles. The van der Waals surface area contributed by atoms with E-state index in [1.807, 2.05) is 0 Å². The zero-order valence-corrected chi connectivity index (χ0v) is 17.7. The molecule has 29 heavy (non-hydrogen) atoms. The fourth-order valence-corrected chi connectivity index (χ4v) is 5.49. The molecule has 152 valence electrons. The highest BCUT2D eigenvalue weighted by Gasteiger charge is 2.51. The van der Waals surface area contributed by atoms with Crippen LogP contribution in [-0.4, -0.2) is 27.3 Å². The summed E-state index contributed by atoms with van der Waals surface area (Å²) in [7, 11) is 0. The molecular formula is C22H26N4O2S. The maximum atomic E-state index is 12.6. The van der Waals surface area contributed by atoms with Crippen molar-refractivity contribution >= 4 is 29.3 Å². The van der Waals surface area contributed by atoms with Crippen LogP contribution in [0.15, 0.2) is 11.2 Å². The van der Waals surface area contributed by atoms with E-state index in [0.29, 0.717) is 16.8 Å². The second-order valence-electron chi connectivity index (χ2n) is 9.01. The van der Waals surface area contributed by atoms with Crippen molar-refractivity contribution in [1.82, 2.24) is 9.97 Å². The number of hydrogen-bond acceptors (Lipinski definition) is 5. The van der Waals surface area contributed by atoms with Gasteiger partial charge in [-0.3, -0.25) is 4.98 Å². The summed E-state index contributed by atoms with van der Waals surface area (Å²) in [6.45, 7) is 3.43. The maximum Gasteiger partial charge on any atom is 0.345 e. The average molecular weight is 411 g/mol. The lowest BCUT2D eigenvalue weighted by molar-refractivity contribution is 0.0783. The lowest BCUT2D eigenvalue weighted by atomic mass is 10.0. The van der Waals surface area contributed by atoms with E-state index in [1.165, 1.54) is 53.1 Å². The van der Waals surface area contributed by atoms with Crippen molar-refractivity contribution in [1.29, 1.82) is 0 Å². The lowest BCUT2D eigenvalue weighted by Crippen LogP contribution is -2.14. The van der Waals surface area contributed by atoms with Gasteiger partial charge in [0.05, 0.1) is 11.4 Å². The molecule has 7 heteroatoms. The summed E-state index contributed by atoms with van der Waals surface area (Å²) in [5.41, 5.74) is 5.27. The van der Waals surface area contributed by atoms with E-state index in [0.717, 1.165) is 36.2 Å². The first kappa shape index (κ1) is 18.9. The van der Waals surface area contributed by atoms with Gasteiger partial charge in [-0.05, 0) is 69.9 Å². The smallest absolute Gasteiger partial charge is 0.345 e. The van der Waals surface area contributed by atoms with Gasteiger partial charge in [0.1, 0.15) is 10.6 Å². The van der Waals surface area contributed by atoms with E-state index in [4.69, 9.17) is 4.98 Å². The molecule has 3 aliphatic rings. The van der Waals surface area contributed by atoms with Gasteiger partial charge in [0, 0.05) is 34.8 Å². The van der Waals surface area contributed by atoms with Crippen LogP contribution in [0.3, 0.4) is 0 Å². The van der Waals surface area contributed by atoms with Gasteiger partial charge >= 0.3 is 6.03 Å². The first-order valence-corrected chi connectivity index (χ1v) is 11.2. The zero-order valence-electron chi connectivity index (χ0n) is 16.9. The van der Waals surface area contributed by atoms with Crippen LogP contribution in [0, 0.1) is 0 Å². The van der Waals surface area contributed by atoms with Crippen LogP contribution in [-0.2, 0) is 36.7 Å². The van der Waals surface area contributed by atoms with Crippen molar-refractivity contribution in [2.75, 3.05) is 5.32 Å². The molecule has 2 amide bonds. The lowest BCUT2D eigenvalue weighted by Gasteiger charge is -2.15. The highest BCUT2D eigenvalue weighted by Crippen LogP contribution is 2.58. The molecule has 1 fully saturated rings. The van der Waals surface area contributed by atoms with Crippen LogP contribution >= 0.6 is 11.3 Å². The van der Waals surface area contributed by atoms with Gasteiger partial charge in [0.15, 0.2) is 0 Å². The summed E-state index contributed by atoms with van der Waals surface area (Å²) in [5, 5.41) is 13.8. The van der Waals surface area contributed by atoms with Crippen LogP contribution in [0.1, 0.15) is 71.9 Å².